The summed E-state index contributed by atoms with van der Waals surface area (Å²) in [5.74, 6) is 0.0937. The minimum atomic E-state index is -2.28. The van der Waals surface area contributed by atoms with E-state index < -0.39 is 9.73 Å². The zero-order chi connectivity index (χ0) is 8.77. The summed E-state index contributed by atoms with van der Waals surface area (Å²) in [7, 11) is -2.28. The predicted molar refractivity (Wildman–Crippen MR) is 48.8 cm³/mol. The Balaban J connectivity index is 2.65. The molecule has 3 nitrogen and oxygen atoms in total. The highest BCUT2D eigenvalue weighted by atomic mass is 32.2. The van der Waals surface area contributed by atoms with Gasteiger partial charge in [0.15, 0.2) is 0 Å². The van der Waals surface area contributed by atoms with Crippen LogP contribution >= 0.6 is 11.3 Å². The maximum atomic E-state index is 11.5. The van der Waals surface area contributed by atoms with Crippen LogP contribution in [0.15, 0.2) is 15.8 Å². The Bertz CT molecular complexity index is 452. The Morgan fingerprint density at radius 1 is 1.67 bits per heavy atom. The number of carbonyl (C=O) groups excluding carboxylic acids is 1. The van der Waals surface area contributed by atoms with E-state index in [0.29, 0.717) is 11.3 Å². The molecule has 0 aliphatic carbocycles. The maximum Gasteiger partial charge on any atom is 0.286 e. The van der Waals surface area contributed by atoms with Crippen LogP contribution in [0.4, 0.5) is 0 Å². The summed E-state index contributed by atoms with van der Waals surface area (Å²) in [4.78, 5) is 12.1. The zero-order valence-electron chi connectivity index (χ0n) is 6.44. The summed E-state index contributed by atoms with van der Waals surface area (Å²) in [6, 6.07) is 1.74. The lowest BCUT2D eigenvalue weighted by Gasteiger charge is -2.08. The van der Waals surface area contributed by atoms with Crippen LogP contribution in [-0.2, 0) is 15.5 Å². The Morgan fingerprint density at radius 2 is 2.42 bits per heavy atom. The molecule has 5 heteroatoms. The smallest absolute Gasteiger partial charge is 0.266 e. The summed E-state index contributed by atoms with van der Waals surface area (Å²) >= 11 is 1.47. The highest BCUT2D eigenvalue weighted by Gasteiger charge is 2.21. The molecule has 1 amide bonds. The molecule has 2 heterocycles. The SMILES string of the molecule is CS1(=O)=NC(=O)c2ccsc2C1. The van der Waals surface area contributed by atoms with E-state index in [9.17, 15) is 9.00 Å². The molecule has 64 valence electrons. The van der Waals surface area contributed by atoms with Gasteiger partial charge in [0.1, 0.15) is 0 Å². The third-order valence-electron chi connectivity index (χ3n) is 1.65. The first-order chi connectivity index (χ1) is 5.58. The van der Waals surface area contributed by atoms with Gasteiger partial charge in [-0.15, -0.1) is 11.3 Å². The van der Waals surface area contributed by atoms with Gasteiger partial charge in [-0.2, -0.15) is 4.36 Å². The molecule has 1 aliphatic heterocycles. The summed E-state index contributed by atoms with van der Waals surface area (Å²) < 4.78 is 15.1. The lowest BCUT2D eigenvalue weighted by atomic mass is 10.2. The first-order valence-electron chi connectivity index (χ1n) is 3.39. The summed E-state index contributed by atoms with van der Waals surface area (Å²) in [5.41, 5.74) is 0.626. The first kappa shape index (κ1) is 7.94. The Hall–Kier alpha value is -0.680. The van der Waals surface area contributed by atoms with Crippen molar-refractivity contribution in [2.75, 3.05) is 6.26 Å². The fourth-order valence-corrected chi connectivity index (χ4v) is 3.88. The van der Waals surface area contributed by atoms with Gasteiger partial charge in [-0.25, -0.2) is 4.21 Å². The average molecular weight is 201 g/mol. The molecule has 0 saturated heterocycles. The van der Waals surface area contributed by atoms with Gasteiger partial charge in [0, 0.05) is 11.1 Å². The Labute approximate surface area is 74.6 Å². The monoisotopic (exact) mass is 201 g/mol. The molecule has 0 aromatic carbocycles. The second-order valence-electron chi connectivity index (χ2n) is 2.76. The lowest BCUT2D eigenvalue weighted by Crippen LogP contribution is -2.12. The van der Waals surface area contributed by atoms with Crippen LogP contribution in [0.1, 0.15) is 15.2 Å². The number of nitrogens with zero attached hydrogens (tertiary/aromatic N) is 1. The maximum absolute atomic E-state index is 11.5. The highest BCUT2D eigenvalue weighted by Crippen LogP contribution is 2.25. The molecule has 1 aromatic rings. The fraction of sp³-hybridized carbons (Fsp3) is 0.286. The van der Waals surface area contributed by atoms with Crippen molar-refractivity contribution in [2.45, 2.75) is 5.75 Å². The van der Waals surface area contributed by atoms with Gasteiger partial charge in [-0.05, 0) is 11.4 Å². The number of thiophene rings is 1. The molecule has 1 aromatic heterocycles. The van der Waals surface area contributed by atoms with Crippen LogP contribution in [-0.4, -0.2) is 16.4 Å². The third-order valence-corrected chi connectivity index (χ3v) is 4.13. The lowest BCUT2D eigenvalue weighted by molar-refractivity contribution is 0.100. The normalized spacial score (nSPS) is 27.9. The highest BCUT2D eigenvalue weighted by molar-refractivity contribution is 7.92. The Kier molecular flexibility index (Phi) is 1.59. The van der Waals surface area contributed by atoms with E-state index in [1.165, 1.54) is 17.6 Å². The van der Waals surface area contributed by atoms with Crippen LogP contribution < -0.4 is 0 Å². The second-order valence-corrected chi connectivity index (χ2v) is 6.15. The van der Waals surface area contributed by atoms with Gasteiger partial charge in [-0.1, -0.05) is 0 Å². The molecule has 0 spiro atoms. The van der Waals surface area contributed by atoms with Gasteiger partial charge < -0.3 is 0 Å². The zero-order valence-corrected chi connectivity index (χ0v) is 8.08. The fourth-order valence-electron chi connectivity index (χ4n) is 1.14. The molecule has 1 atom stereocenters. The third kappa shape index (κ3) is 1.19. The van der Waals surface area contributed by atoms with Crippen molar-refractivity contribution in [3.8, 4) is 0 Å². The second kappa shape index (κ2) is 2.40. The number of hydrogen-bond acceptors (Lipinski definition) is 3. The van der Waals surface area contributed by atoms with Crippen LogP contribution in [0.3, 0.4) is 0 Å². The molecule has 0 radical (unpaired) electrons. The molecule has 1 unspecified atom stereocenters. The Morgan fingerprint density at radius 3 is 3.17 bits per heavy atom. The van der Waals surface area contributed by atoms with Crippen LogP contribution in [0.2, 0.25) is 0 Å². The number of carbonyl (C=O) groups is 1. The first-order valence-corrected chi connectivity index (χ1v) is 6.36. The molecule has 1 aliphatic rings. The number of hydrogen-bond donors (Lipinski definition) is 0. The molecule has 0 N–H and O–H groups in total. The molecular formula is C7H7NO2S2. The average Bonchev–Trinajstić information content (AvgIpc) is 2.31. The van der Waals surface area contributed by atoms with E-state index in [1.54, 1.807) is 6.07 Å². The van der Waals surface area contributed by atoms with Crippen molar-refractivity contribution in [2.24, 2.45) is 4.36 Å². The van der Waals surface area contributed by atoms with Gasteiger partial charge in [-0.3, -0.25) is 4.79 Å². The quantitative estimate of drug-likeness (QED) is 0.638. The van der Waals surface area contributed by atoms with Gasteiger partial charge in [0.25, 0.3) is 5.91 Å². The van der Waals surface area contributed by atoms with Crippen LogP contribution in [0.25, 0.3) is 0 Å². The minimum Gasteiger partial charge on any atom is -0.266 e. The summed E-state index contributed by atoms with van der Waals surface area (Å²) in [6.07, 6.45) is 1.52. The van der Waals surface area contributed by atoms with Gasteiger partial charge >= 0.3 is 0 Å². The van der Waals surface area contributed by atoms with Crippen LogP contribution in [0.5, 0.6) is 0 Å². The van der Waals surface area contributed by atoms with E-state index in [-0.39, 0.29) is 5.91 Å². The van der Waals surface area contributed by atoms with Crippen molar-refractivity contribution < 1.29 is 9.00 Å². The topological polar surface area (TPSA) is 46.5 Å². The van der Waals surface area contributed by atoms with Crippen molar-refractivity contribution in [1.29, 1.82) is 0 Å². The van der Waals surface area contributed by atoms with Crippen LogP contribution in [0, 0.1) is 0 Å². The van der Waals surface area contributed by atoms with E-state index in [4.69, 9.17) is 0 Å². The minimum absolute atomic E-state index is 0.329. The summed E-state index contributed by atoms with van der Waals surface area (Å²) in [5, 5.41) is 1.83. The molecule has 12 heavy (non-hydrogen) atoms. The number of fused-ring (bicyclic) bond motifs is 1. The van der Waals surface area contributed by atoms with Crippen molar-refractivity contribution in [3.05, 3.63) is 21.9 Å². The number of amides is 1. The molecule has 0 fully saturated rings. The number of rotatable bonds is 0. The molecule has 0 bridgehead atoms. The van der Waals surface area contributed by atoms with Gasteiger partial charge in [0.2, 0.25) is 0 Å². The van der Waals surface area contributed by atoms with E-state index >= 15 is 0 Å². The molecular weight excluding hydrogens is 194 g/mol. The van der Waals surface area contributed by atoms with Crippen molar-refractivity contribution >= 4 is 27.0 Å². The van der Waals surface area contributed by atoms with E-state index in [1.807, 2.05) is 5.38 Å². The van der Waals surface area contributed by atoms with E-state index in [2.05, 4.69) is 4.36 Å². The van der Waals surface area contributed by atoms with Crippen molar-refractivity contribution in [1.82, 2.24) is 0 Å². The standard InChI is InChI=1S/C7H7NO2S2/c1-12(10)4-6-5(2-3-11-6)7(9)8-12/h2-3H,4H2,1H3. The largest absolute Gasteiger partial charge is 0.286 e. The molecule has 2 rings (SSSR count). The molecule has 0 saturated carbocycles. The van der Waals surface area contributed by atoms with E-state index in [0.717, 1.165) is 4.88 Å². The van der Waals surface area contributed by atoms with Crippen molar-refractivity contribution in [3.63, 3.8) is 0 Å². The summed E-state index contributed by atoms with van der Waals surface area (Å²) in [6.45, 7) is 0. The van der Waals surface area contributed by atoms with Gasteiger partial charge in [0.05, 0.1) is 21.0 Å². The predicted octanol–water partition coefficient (Wildman–Crippen LogP) is 1.50.